The molecule has 0 bridgehead atoms. The fourth-order valence-corrected chi connectivity index (χ4v) is 1.99. The zero-order chi connectivity index (χ0) is 14.8. The van der Waals surface area contributed by atoms with E-state index in [0.717, 1.165) is 0 Å². The summed E-state index contributed by atoms with van der Waals surface area (Å²) in [5, 5.41) is 4.32. The smallest absolute Gasteiger partial charge is 0.316 e. The average molecular weight is 293 g/mol. The number of hydrogen-bond acceptors (Lipinski definition) is 5. The molecule has 2 rings (SSSR count). The molecule has 1 aliphatic heterocycles. The number of nitrogens with zero attached hydrogens (tertiary/aromatic N) is 1. The van der Waals surface area contributed by atoms with E-state index in [0.29, 0.717) is 5.56 Å². The number of nitroso groups, excluding NO2 is 1. The lowest BCUT2D eigenvalue weighted by Crippen LogP contribution is -2.26. The second-order valence-corrected chi connectivity index (χ2v) is 5.31. The molecule has 1 atom stereocenters. The van der Waals surface area contributed by atoms with Crippen LogP contribution in [0.15, 0.2) is 33.7 Å². The molecule has 0 spiro atoms. The average Bonchev–Trinajstić information content (AvgIpc) is 2.75. The zero-order valence-electron chi connectivity index (χ0n) is 9.78. The van der Waals surface area contributed by atoms with Gasteiger partial charge in [-0.25, -0.2) is 4.79 Å². The molecule has 1 aliphatic rings. The number of carbonyl (C=O) groups excluding carboxylic acids is 2. The van der Waals surface area contributed by atoms with Gasteiger partial charge in [0.15, 0.2) is 6.04 Å². The van der Waals surface area contributed by atoms with Gasteiger partial charge < -0.3 is 5.32 Å². The molecule has 0 aliphatic carbocycles. The number of nitrogens with one attached hydrogen (secondary N) is 2. The highest BCUT2D eigenvalue weighted by molar-refractivity contribution is 7.90. The maximum Gasteiger partial charge on any atom is 0.322 e. The van der Waals surface area contributed by atoms with Crippen LogP contribution in [0.4, 0.5) is 4.79 Å². The van der Waals surface area contributed by atoms with Gasteiger partial charge in [0.1, 0.15) is 0 Å². The van der Waals surface area contributed by atoms with E-state index in [-0.39, 0.29) is 4.90 Å². The lowest BCUT2D eigenvalue weighted by molar-refractivity contribution is -0.119. The van der Waals surface area contributed by atoms with Crippen LogP contribution in [0.1, 0.15) is 5.56 Å². The van der Waals surface area contributed by atoms with Gasteiger partial charge in [-0.2, -0.15) is 8.42 Å². The van der Waals surface area contributed by atoms with Crippen LogP contribution < -0.4 is 10.6 Å². The van der Waals surface area contributed by atoms with Crippen molar-refractivity contribution < 1.29 is 18.0 Å². The third-order valence-corrected chi connectivity index (χ3v) is 3.45. The number of benzene rings is 1. The minimum absolute atomic E-state index is 0.245. The summed E-state index contributed by atoms with van der Waals surface area (Å²) >= 11 is 0. The van der Waals surface area contributed by atoms with Gasteiger partial charge >= 0.3 is 16.1 Å². The topological polar surface area (TPSA) is 122 Å². The Bertz CT molecular complexity index is 743. The molecule has 8 nitrogen and oxygen atoms in total. The molecule has 102 valence electrons. The monoisotopic (exact) mass is 293 g/mol. The van der Waals surface area contributed by atoms with E-state index in [1.165, 1.54) is 24.3 Å². The minimum atomic E-state index is -4.16. The summed E-state index contributed by atoms with van der Waals surface area (Å²) in [6.07, 6.45) is 0. The highest BCUT2D eigenvalue weighted by Crippen LogP contribution is 2.12. The number of urea groups is 1. The summed E-state index contributed by atoms with van der Waals surface area (Å²) in [6.45, 7) is 0. The Morgan fingerprint density at radius 1 is 1.15 bits per heavy atom. The fourth-order valence-electron chi connectivity index (χ4n) is 1.43. The Labute approximate surface area is 113 Å². The van der Waals surface area contributed by atoms with Crippen LogP contribution in [0.5, 0.6) is 0 Å². The van der Waals surface area contributed by atoms with Gasteiger partial charge in [0, 0.05) is 5.56 Å². The lowest BCUT2D eigenvalue weighted by atomic mass is 10.2. The highest BCUT2D eigenvalue weighted by Gasteiger charge is 2.27. The van der Waals surface area contributed by atoms with Crippen molar-refractivity contribution in [2.45, 2.75) is 10.9 Å². The first-order valence-electron chi connectivity index (χ1n) is 5.25. The van der Waals surface area contributed by atoms with Crippen molar-refractivity contribution >= 4 is 22.0 Å². The zero-order valence-corrected chi connectivity index (χ0v) is 10.6. The van der Waals surface area contributed by atoms with Gasteiger partial charge in [-0.3, -0.25) is 10.1 Å². The summed E-state index contributed by atoms with van der Waals surface area (Å²) < 4.78 is 24.3. The molecule has 3 amide bonds. The molecule has 1 fully saturated rings. The predicted octanol–water partition coefficient (Wildman–Crippen LogP) is -0.299. The second-order valence-electron chi connectivity index (χ2n) is 3.74. The van der Waals surface area contributed by atoms with E-state index < -0.39 is 28.0 Å². The molecule has 0 radical (unpaired) electrons. The Morgan fingerprint density at radius 2 is 1.80 bits per heavy atom. The highest BCUT2D eigenvalue weighted by atomic mass is 32.2. The summed E-state index contributed by atoms with van der Waals surface area (Å²) in [5.74, 6) is 4.58. The fraction of sp³-hybridized carbons (Fsp3) is 0.0909. The van der Waals surface area contributed by atoms with E-state index >= 15 is 0 Å². The van der Waals surface area contributed by atoms with E-state index in [9.17, 15) is 22.9 Å². The van der Waals surface area contributed by atoms with Crippen LogP contribution >= 0.6 is 0 Å². The Kier molecular flexibility index (Phi) is 3.49. The number of carbonyl (C=O) groups is 2. The van der Waals surface area contributed by atoms with Crippen molar-refractivity contribution in [3.63, 3.8) is 0 Å². The van der Waals surface area contributed by atoms with E-state index in [2.05, 4.69) is 17.2 Å². The molecule has 0 aromatic heterocycles. The van der Waals surface area contributed by atoms with Crippen molar-refractivity contribution in [3.8, 4) is 11.8 Å². The molecule has 9 heteroatoms. The van der Waals surface area contributed by atoms with Crippen LogP contribution in [0.25, 0.3) is 0 Å². The first-order chi connectivity index (χ1) is 9.42. The van der Waals surface area contributed by atoms with Crippen molar-refractivity contribution in [1.82, 2.24) is 10.6 Å². The first-order valence-corrected chi connectivity index (χ1v) is 6.69. The number of hydrogen-bond donors (Lipinski definition) is 2. The number of rotatable bonds is 2. The molecule has 1 heterocycles. The van der Waals surface area contributed by atoms with Crippen molar-refractivity contribution in [3.05, 3.63) is 34.7 Å². The van der Waals surface area contributed by atoms with E-state index in [4.69, 9.17) is 0 Å². The molecule has 1 unspecified atom stereocenters. The van der Waals surface area contributed by atoms with Gasteiger partial charge in [0.2, 0.25) is 0 Å². The molecule has 1 aromatic rings. The van der Waals surface area contributed by atoms with Crippen LogP contribution in [0.3, 0.4) is 0 Å². The second kappa shape index (κ2) is 5.10. The number of sulfonamides is 1. The summed E-state index contributed by atoms with van der Waals surface area (Å²) in [4.78, 5) is 31.9. The maximum atomic E-state index is 11.2. The lowest BCUT2D eigenvalue weighted by Gasteiger charge is -1.97. The van der Waals surface area contributed by atoms with Crippen molar-refractivity contribution in [2.75, 3.05) is 0 Å². The van der Waals surface area contributed by atoms with Crippen LogP contribution in [-0.4, -0.2) is 26.4 Å². The minimum Gasteiger partial charge on any atom is -0.316 e. The maximum absolute atomic E-state index is 11.2. The van der Waals surface area contributed by atoms with Gasteiger partial charge in [-0.1, -0.05) is 11.8 Å². The van der Waals surface area contributed by atoms with E-state index in [1.54, 1.807) is 0 Å². The van der Waals surface area contributed by atoms with Gasteiger partial charge in [0.25, 0.3) is 5.91 Å². The van der Waals surface area contributed by atoms with Crippen LogP contribution in [-0.2, 0) is 14.8 Å². The third-order valence-electron chi connectivity index (χ3n) is 2.39. The Hall–Kier alpha value is -2.73. The Morgan fingerprint density at radius 3 is 2.30 bits per heavy atom. The van der Waals surface area contributed by atoms with Gasteiger partial charge in [-0.15, -0.1) is 4.91 Å². The standard InChI is InChI=1S/C11H7N3O5S/c15-10-9(12-11(16)13-10)6-3-7-1-4-8(5-2-7)20(18,19)14-17/h1-2,4-5,9H,(H2,12,13,15,16). The van der Waals surface area contributed by atoms with Crippen LogP contribution in [0, 0.1) is 16.7 Å². The van der Waals surface area contributed by atoms with Crippen molar-refractivity contribution in [1.29, 1.82) is 0 Å². The van der Waals surface area contributed by atoms with Crippen molar-refractivity contribution in [2.24, 2.45) is 4.58 Å². The van der Waals surface area contributed by atoms with Gasteiger partial charge in [-0.05, 0) is 24.3 Å². The molecule has 0 saturated carbocycles. The number of amides is 3. The van der Waals surface area contributed by atoms with E-state index in [1.807, 2.05) is 9.90 Å². The quantitative estimate of drug-likeness (QED) is 0.440. The molecular formula is C11H7N3O5S. The molecule has 20 heavy (non-hydrogen) atoms. The largest absolute Gasteiger partial charge is 0.322 e. The summed E-state index contributed by atoms with van der Waals surface area (Å²) in [6, 6.07) is 3.51. The molecular weight excluding hydrogens is 286 g/mol. The summed E-state index contributed by atoms with van der Waals surface area (Å²) in [7, 11) is -4.16. The van der Waals surface area contributed by atoms with Crippen LogP contribution in [0.2, 0.25) is 0 Å². The third kappa shape index (κ3) is 2.81. The first kappa shape index (κ1) is 13.7. The molecule has 1 saturated heterocycles. The summed E-state index contributed by atoms with van der Waals surface area (Å²) in [5.41, 5.74) is 0.420. The number of imide groups is 1. The van der Waals surface area contributed by atoms with Gasteiger partial charge in [0.05, 0.1) is 9.48 Å². The SMILES string of the molecule is O=NS(=O)(=O)c1ccc(C#CC2NC(=O)NC2=O)cc1. The molecule has 1 aromatic carbocycles. The Balaban J connectivity index is 2.19. The molecule has 2 N–H and O–H groups in total. The predicted molar refractivity (Wildman–Crippen MR) is 66.8 cm³/mol. The normalized spacial score (nSPS) is 17.7.